The Morgan fingerprint density at radius 2 is 2.08 bits per heavy atom. The van der Waals surface area contributed by atoms with E-state index in [4.69, 9.17) is 4.74 Å². The van der Waals surface area contributed by atoms with Gasteiger partial charge in [-0.15, -0.1) is 0 Å². The predicted octanol–water partition coefficient (Wildman–Crippen LogP) is 2.88. The number of phenols is 1. The highest BCUT2D eigenvalue weighted by Crippen LogP contribution is 2.40. The monoisotopic (exact) mass is 353 g/mol. The number of carbonyl (C=O) groups is 1. The summed E-state index contributed by atoms with van der Waals surface area (Å²) in [6.45, 7) is 2.43. The Morgan fingerprint density at radius 3 is 2.85 bits per heavy atom. The van der Waals surface area contributed by atoms with Gasteiger partial charge < -0.3 is 20.3 Å². The number of aliphatic hydroxyl groups is 1. The zero-order chi connectivity index (χ0) is 18.3. The van der Waals surface area contributed by atoms with Crippen LogP contribution < -0.4 is 10.1 Å². The molecular weight excluding hydrogens is 330 g/mol. The summed E-state index contributed by atoms with van der Waals surface area (Å²) in [5, 5.41) is 22.7. The molecule has 0 spiro atoms. The lowest BCUT2D eigenvalue weighted by atomic mass is 9.74. The first kappa shape index (κ1) is 16.9. The van der Waals surface area contributed by atoms with Crippen molar-refractivity contribution in [3.05, 3.63) is 58.7 Å². The molecule has 1 atom stereocenters. The molecule has 2 aromatic carbocycles. The van der Waals surface area contributed by atoms with Crippen molar-refractivity contribution in [2.75, 3.05) is 6.61 Å². The minimum atomic E-state index is -0.292. The van der Waals surface area contributed by atoms with Gasteiger partial charge in [0.05, 0.1) is 18.8 Å². The van der Waals surface area contributed by atoms with E-state index in [0.717, 1.165) is 23.3 Å². The van der Waals surface area contributed by atoms with Crippen molar-refractivity contribution in [3.63, 3.8) is 0 Å². The molecule has 1 unspecified atom stereocenters. The second-order valence-electron chi connectivity index (χ2n) is 7.25. The maximum Gasteiger partial charge on any atom is 0.252 e. The molecule has 2 aromatic rings. The maximum atomic E-state index is 12.9. The van der Waals surface area contributed by atoms with Crippen LogP contribution in [0.5, 0.6) is 11.5 Å². The number of hydrogen-bond acceptors (Lipinski definition) is 4. The van der Waals surface area contributed by atoms with Gasteiger partial charge in [-0.2, -0.15) is 0 Å². The van der Waals surface area contributed by atoms with Crippen LogP contribution in [0.3, 0.4) is 0 Å². The third-order valence-corrected chi connectivity index (χ3v) is 5.53. The summed E-state index contributed by atoms with van der Waals surface area (Å²) < 4.78 is 5.58. The van der Waals surface area contributed by atoms with Gasteiger partial charge in [0.2, 0.25) is 0 Å². The molecule has 4 rings (SSSR count). The Bertz CT molecular complexity index is 842. The first-order chi connectivity index (χ1) is 12.5. The Hall–Kier alpha value is -2.53. The number of carbonyl (C=O) groups excluding carboxylic acids is 1. The van der Waals surface area contributed by atoms with Crippen LogP contribution in [0.2, 0.25) is 0 Å². The van der Waals surface area contributed by atoms with Crippen molar-refractivity contribution in [1.29, 1.82) is 0 Å². The highest BCUT2D eigenvalue weighted by Gasteiger charge is 2.36. The molecule has 0 aromatic heterocycles. The lowest BCUT2D eigenvalue weighted by Gasteiger charge is -2.38. The number of hydrogen-bond donors (Lipinski definition) is 3. The van der Waals surface area contributed by atoms with E-state index in [1.807, 2.05) is 12.1 Å². The number of rotatable bonds is 4. The first-order valence-corrected chi connectivity index (χ1v) is 9.06. The summed E-state index contributed by atoms with van der Waals surface area (Å²) in [7, 11) is 0. The fourth-order valence-corrected chi connectivity index (χ4v) is 3.86. The summed E-state index contributed by atoms with van der Waals surface area (Å²) in [5.74, 6) is 1.02. The maximum absolute atomic E-state index is 12.9. The minimum Gasteiger partial charge on any atom is -0.508 e. The normalized spacial score (nSPS) is 22.1. The van der Waals surface area contributed by atoms with Crippen LogP contribution in [-0.2, 0) is 6.42 Å². The van der Waals surface area contributed by atoms with E-state index in [9.17, 15) is 15.0 Å². The number of benzene rings is 2. The van der Waals surface area contributed by atoms with Crippen molar-refractivity contribution in [1.82, 2.24) is 5.32 Å². The van der Waals surface area contributed by atoms with Crippen molar-refractivity contribution >= 4 is 5.91 Å². The average molecular weight is 353 g/mol. The molecule has 1 heterocycles. The van der Waals surface area contributed by atoms with E-state index < -0.39 is 0 Å². The summed E-state index contributed by atoms with van der Waals surface area (Å²) in [6.07, 6.45) is 1.94. The highest BCUT2D eigenvalue weighted by molar-refractivity contribution is 5.96. The molecule has 1 saturated carbocycles. The summed E-state index contributed by atoms with van der Waals surface area (Å²) >= 11 is 0. The van der Waals surface area contributed by atoms with Gasteiger partial charge in [-0.05, 0) is 61.1 Å². The van der Waals surface area contributed by atoms with Crippen molar-refractivity contribution in [2.24, 2.45) is 5.92 Å². The number of fused-ring (bicyclic) bond motifs is 1. The van der Waals surface area contributed by atoms with Gasteiger partial charge in [-0.3, -0.25) is 4.79 Å². The molecular formula is C21H23NO4. The Morgan fingerprint density at radius 1 is 1.27 bits per heavy atom. The molecule has 1 fully saturated rings. The molecule has 0 saturated heterocycles. The Kier molecular flexibility index (Phi) is 4.32. The van der Waals surface area contributed by atoms with Gasteiger partial charge in [0, 0.05) is 17.5 Å². The molecule has 1 aliphatic carbocycles. The summed E-state index contributed by atoms with van der Waals surface area (Å²) in [5.41, 5.74) is 3.24. The summed E-state index contributed by atoms with van der Waals surface area (Å²) in [6, 6.07) is 10.9. The number of phenolic OH excluding ortho intramolecular Hbond substituents is 1. The molecule has 0 bridgehead atoms. The zero-order valence-corrected chi connectivity index (χ0v) is 14.7. The van der Waals surface area contributed by atoms with Crippen LogP contribution in [0.15, 0.2) is 36.4 Å². The third kappa shape index (κ3) is 3.03. The van der Waals surface area contributed by atoms with Crippen LogP contribution in [0.25, 0.3) is 0 Å². The van der Waals surface area contributed by atoms with Crippen LogP contribution in [-0.4, -0.2) is 28.8 Å². The van der Waals surface area contributed by atoms with E-state index in [1.165, 1.54) is 0 Å². The van der Waals surface area contributed by atoms with E-state index in [0.29, 0.717) is 30.6 Å². The van der Waals surface area contributed by atoms with Crippen LogP contribution in [0, 0.1) is 12.8 Å². The lowest BCUT2D eigenvalue weighted by molar-refractivity contribution is 0.0235. The first-order valence-electron chi connectivity index (χ1n) is 9.06. The molecule has 5 nitrogen and oxygen atoms in total. The molecule has 2 aliphatic rings. The van der Waals surface area contributed by atoms with Crippen molar-refractivity contribution < 1.29 is 19.7 Å². The molecule has 1 aliphatic heterocycles. The van der Waals surface area contributed by atoms with Gasteiger partial charge >= 0.3 is 0 Å². The number of ether oxygens (including phenoxy) is 1. The number of nitrogens with one attached hydrogen (secondary N) is 1. The lowest BCUT2D eigenvalue weighted by Crippen LogP contribution is -2.41. The quantitative estimate of drug-likeness (QED) is 0.790. The SMILES string of the molecule is Cc1c(O)cccc1C(=O)NC(c1ccc2c(c1)CCO2)C1CC(O)C1. The van der Waals surface area contributed by atoms with Gasteiger partial charge in [0.1, 0.15) is 11.5 Å². The molecule has 136 valence electrons. The fourth-order valence-electron chi connectivity index (χ4n) is 3.86. The van der Waals surface area contributed by atoms with E-state index in [1.54, 1.807) is 25.1 Å². The molecule has 5 heteroatoms. The van der Waals surface area contributed by atoms with Crippen LogP contribution >= 0.6 is 0 Å². The second-order valence-corrected chi connectivity index (χ2v) is 7.25. The van der Waals surface area contributed by atoms with Crippen LogP contribution in [0.1, 0.15) is 45.9 Å². The van der Waals surface area contributed by atoms with E-state index in [-0.39, 0.29) is 29.7 Å². The third-order valence-electron chi connectivity index (χ3n) is 5.53. The highest BCUT2D eigenvalue weighted by atomic mass is 16.5. The summed E-state index contributed by atoms with van der Waals surface area (Å²) in [4.78, 5) is 12.9. The molecule has 26 heavy (non-hydrogen) atoms. The van der Waals surface area contributed by atoms with Crippen LogP contribution in [0.4, 0.5) is 0 Å². The fraction of sp³-hybridized carbons (Fsp3) is 0.381. The standard InChI is InChI=1S/C21H23NO4/c1-12-17(3-2-4-18(12)24)21(25)22-20(15-10-16(23)11-15)14-5-6-19-13(9-14)7-8-26-19/h2-6,9,15-16,20,23-24H,7-8,10-11H2,1H3,(H,22,25). The smallest absolute Gasteiger partial charge is 0.252 e. The average Bonchev–Trinajstić information content (AvgIpc) is 3.07. The zero-order valence-electron chi connectivity index (χ0n) is 14.7. The number of aliphatic hydroxyl groups excluding tert-OH is 1. The second kappa shape index (κ2) is 6.65. The minimum absolute atomic E-state index is 0.114. The van der Waals surface area contributed by atoms with Gasteiger partial charge in [0.25, 0.3) is 5.91 Å². The Labute approximate surface area is 152 Å². The van der Waals surface area contributed by atoms with Crippen molar-refractivity contribution in [3.8, 4) is 11.5 Å². The van der Waals surface area contributed by atoms with E-state index in [2.05, 4.69) is 11.4 Å². The predicted molar refractivity (Wildman–Crippen MR) is 97.4 cm³/mol. The Balaban J connectivity index is 1.62. The van der Waals surface area contributed by atoms with Gasteiger partial charge in [-0.1, -0.05) is 12.1 Å². The number of amides is 1. The molecule has 3 N–H and O–H groups in total. The van der Waals surface area contributed by atoms with Gasteiger partial charge in [-0.25, -0.2) is 0 Å². The van der Waals surface area contributed by atoms with Gasteiger partial charge in [0.15, 0.2) is 0 Å². The van der Waals surface area contributed by atoms with Crippen molar-refractivity contribution in [2.45, 2.75) is 38.3 Å². The largest absolute Gasteiger partial charge is 0.508 e. The number of aromatic hydroxyl groups is 1. The molecule has 0 radical (unpaired) electrons. The topological polar surface area (TPSA) is 78.8 Å². The molecule has 1 amide bonds. The van der Waals surface area contributed by atoms with E-state index >= 15 is 0 Å².